The fraction of sp³-hybridized carbons (Fsp3) is 0.333. The molecule has 6 nitrogen and oxygen atoms in total. The highest BCUT2D eigenvalue weighted by Gasteiger charge is 2.22. The van der Waals surface area contributed by atoms with Gasteiger partial charge in [0.1, 0.15) is 0 Å². The minimum absolute atomic E-state index is 0.132. The van der Waals surface area contributed by atoms with Crippen molar-refractivity contribution in [2.75, 3.05) is 13.3 Å². The molecule has 0 radical (unpaired) electrons. The van der Waals surface area contributed by atoms with Crippen LogP contribution in [0.15, 0.2) is 48.5 Å². The molecular weight excluding hydrogens is 346 g/mol. The van der Waals surface area contributed by atoms with E-state index in [1.165, 1.54) is 5.56 Å². The predicted octanol–water partition coefficient (Wildman–Crippen LogP) is 3.27. The molecular formula is C21H23NO5. The van der Waals surface area contributed by atoms with Crippen molar-refractivity contribution in [3.8, 4) is 11.5 Å². The molecule has 1 aliphatic heterocycles. The molecule has 0 aliphatic carbocycles. The van der Waals surface area contributed by atoms with E-state index in [9.17, 15) is 9.59 Å². The fourth-order valence-electron chi connectivity index (χ4n) is 2.90. The van der Waals surface area contributed by atoms with E-state index in [-0.39, 0.29) is 18.6 Å². The topological polar surface area (TPSA) is 73.9 Å². The summed E-state index contributed by atoms with van der Waals surface area (Å²) in [5.41, 5.74) is 1.49. The van der Waals surface area contributed by atoms with Crippen molar-refractivity contribution in [1.29, 1.82) is 0 Å². The second-order valence-electron chi connectivity index (χ2n) is 6.38. The Morgan fingerprint density at radius 3 is 2.59 bits per heavy atom. The molecule has 1 N–H and O–H groups in total. The third-order valence-corrected chi connectivity index (χ3v) is 4.55. The molecule has 2 atom stereocenters. The highest BCUT2D eigenvalue weighted by atomic mass is 16.7. The van der Waals surface area contributed by atoms with Crippen LogP contribution in [0.3, 0.4) is 0 Å². The van der Waals surface area contributed by atoms with Gasteiger partial charge in [-0.2, -0.15) is 0 Å². The van der Waals surface area contributed by atoms with E-state index in [0.717, 1.165) is 6.42 Å². The third-order valence-electron chi connectivity index (χ3n) is 4.55. The molecule has 0 aromatic heterocycles. The largest absolute Gasteiger partial charge is 0.454 e. The van der Waals surface area contributed by atoms with Crippen LogP contribution in [0.1, 0.15) is 42.1 Å². The van der Waals surface area contributed by atoms with Crippen LogP contribution in [0.5, 0.6) is 11.5 Å². The molecule has 142 valence electrons. The van der Waals surface area contributed by atoms with Gasteiger partial charge < -0.3 is 19.5 Å². The number of carbonyl (C=O) groups is 2. The van der Waals surface area contributed by atoms with Crippen molar-refractivity contribution in [2.45, 2.75) is 32.3 Å². The second-order valence-corrected chi connectivity index (χ2v) is 6.38. The van der Waals surface area contributed by atoms with Gasteiger partial charge >= 0.3 is 5.97 Å². The summed E-state index contributed by atoms with van der Waals surface area (Å²) in [6.45, 7) is 4.26. The van der Waals surface area contributed by atoms with E-state index in [1.54, 1.807) is 25.1 Å². The zero-order chi connectivity index (χ0) is 19.2. The fourth-order valence-corrected chi connectivity index (χ4v) is 2.90. The van der Waals surface area contributed by atoms with Crippen molar-refractivity contribution in [3.63, 3.8) is 0 Å². The second kappa shape index (κ2) is 8.58. The number of rotatable bonds is 7. The summed E-state index contributed by atoms with van der Waals surface area (Å²) in [6, 6.07) is 14.8. The maximum Gasteiger partial charge on any atom is 0.339 e. The molecule has 0 fully saturated rings. The molecule has 2 aromatic rings. The minimum atomic E-state index is -0.892. The summed E-state index contributed by atoms with van der Waals surface area (Å²) in [4.78, 5) is 24.6. The maximum atomic E-state index is 12.3. The molecule has 0 spiro atoms. The quantitative estimate of drug-likeness (QED) is 0.758. The van der Waals surface area contributed by atoms with Crippen LogP contribution in [-0.2, 0) is 9.53 Å². The molecule has 6 heteroatoms. The summed E-state index contributed by atoms with van der Waals surface area (Å²) in [5.74, 6) is 0.399. The van der Waals surface area contributed by atoms with Crippen LogP contribution >= 0.6 is 0 Å². The Morgan fingerprint density at radius 2 is 1.85 bits per heavy atom. The van der Waals surface area contributed by atoms with Gasteiger partial charge in [-0.25, -0.2) is 4.79 Å². The van der Waals surface area contributed by atoms with Crippen LogP contribution in [-0.4, -0.2) is 31.3 Å². The van der Waals surface area contributed by atoms with Gasteiger partial charge in [-0.15, -0.1) is 0 Å². The molecule has 1 aliphatic rings. The number of hydrogen-bond donors (Lipinski definition) is 1. The van der Waals surface area contributed by atoms with Crippen LogP contribution in [0.25, 0.3) is 0 Å². The van der Waals surface area contributed by atoms with E-state index in [2.05, 4.69) is 12.2 Å². The van der Waals surface area contributed by atoms with Crippen molar-refractivity contribution in [3.05, 3.63) is 59.7 Å². The summed E-state index contributed by atoms with van der Waals surface area (Å²) in [7, 11) is 0. The molecule has 27 heavy (non-hydrogen) atoms. The zero-order valence-electron chi connectivity index (χ0n) is 15.4. The number of nitrogens with one attached hydrogen (secondary N) is 1. The minimum Gasteiger partial charge on any atom is -0.454 e. The molecule has 1 amide bonds. The van der Waals surface area contributed by atoms with E-state index in [4.69, 9.17) is 14.2 Å². The SMILES string of the molecule is CC[C@H](CNC(=O)[C@@H](C)OC(=O)c1ccc2c(c1)OCO2)c1ccccc1. The molecule has 2 aromatic carbocycles. The van der Waals surface area contributed by atoms with Crippen LogP contribution in [0, 0.1) is 0 Å². The highest BCUT2D eigenvalue weighted by Crippen LogP contribution is 2.32. The van der Waals surface area contributed by atoms with Crippen molar-refractivity contribution in [2.24, 2.45) is 0 Å². The van der Waals surface area contributed by atoms with Gasteiger partial charge in [-0.05, 0) is 37.1 Å². The van der Waals surface area contributed by atoms with E-state index < -0.39 is 12.1 Å². The number of fused-ring (bicyclic) bond motifs is 1. The van der Waals surface area contributed by atoms with Crippen LogP contribution < -0.4 is 14.8 Å². The highest BCUT2D eigenvalue weighted by molar-refractivity contribution is 5.92. The van der Waals surface area contributed by atoms with Gasteiger partial charge in [-0.3, -0.25) is 4.79 Å². The Labute approximate surface area is 158 Å². The summed E-state index contributed by atoms with van der Waals surface area (Å²) < 4.78 is 15.7. The summed E-state index contributed by atoms with van der Waals surface area (Å²) >= 11 is 0. The number of esters is 1. The third kappa shape index (κ3) is 4.58. The first-order valence-corrected chi connectivity index (χ1v) is 9.01. The lowest BCUT2D eigenvalue weighted by Crippen LogP contribution is -2.38. The maximum absolute atomic E-state index is 12.3. The first kappa shape index (κ1) is 18.8. The van der Waals surface area contributed by atoms with Gasteiger partial charge in [0.2, 0.25) is 6.79 Å². The lowest BCUT2D eigenvalue weighted by molar-refractivity contribution is -0.129. The van der Waals surface area contributed by atoms with Crippen molar-refractivity contribution < 1.29 is 23.8 Å². The Bertz CT molecular complexity index is 805. The Morgan fingerprint density at radius 1 is 1.11 bits per heavy atom. The molecule has 1 heterocycles. The molecule has 3 rings (SSSR count). The lowest BCUT2D eigenvalue weighted by atomic mass is 9.96. The molecule has 0 saturated carbocycles. The van der Waals surface area contributed by atoms with Gasteiger partial charge in [0.05, 0.1) is 5.56 Å². The van der Waals surface area contributed by atoms with Crippen molar-refractivity contribution in [1.82, 2.24) is 5.32 Å². The van der Waals surface area contributed by atoms with Gasteiger partial charge in [-0.1, -0.05) is 37.3 Å². The zero-order valence-corrected chi connectivity index (χ0v) is 15.4. The van der Waals surface area contributed by atoms with Gasteiger partial charge in [0.15, 0.2) is 17.6 Å². The van der Waals surface area contributed by atoms with Gasteiger partial charge in [0, 0.05) is 12.5 Å². The normalized spacial score (nSPS) is 14.3. The number of ether oxygens (including phenoxy) is 3. The first-order chi connectivity index (χ1) is 13.1. The smallest absolute Gasteiger partial charge is 0.339 e. The summed E-state index contributed by atoms with van der Waals surface area (Å²) in [5, 5.41) is 2.87. The molecule has 0 bridgehead atoms. The average molecular weight is 369 g/mol. The number of hydrogen-bond acceptors (Lipinski definition) is 5. The Kier molecular flexibility index (Phi) is 5.96. The van der Waals surface area contributed by atoms with E-state index in [0.29, 0.717) is 23.6 Å². The monoisotopic (exact) mass is 369 g/mol. The number of amides is 1. The van der Waals surface area contributed by atoms with Crippen LogP contribution in [0.2, 0.25) is 0 Å². The van der Waals surface area contributed by atoms with E-state index >= 15 is 0 Å². The number of benzene rings is 2. The lowest BCUT2D eigenvalue weighted by Gasteiger charge is -2.18. The van der Waals surface area contributed by atoms with Crippen molar-refractivity contribution >= 4 is 11.9 Å². The standard InChI is InChI=1S/C21H23NO5/c1-3-15(16-7-5-4-6-8-16)12-22-20(23)14(2)27-21(24)17-9-10-18-19(11-17)26-13-25-18/h4-11,14-15H,3,12-13H2,1-2H3,(H,22,23)/t14-,15-/m1/s1. The van der Waals surface area contributed by atoms with E-state index in [1.807, 2.05) is 30.3 Å². The van der Waals surface area contributed by atoms with Crippen LogP contribution in [0.4, 0.5) is 0 Å². The summed E-state index contributed by atoms with van der Waals surface area (Å²) in [6.07, 6.45) is 0.00607. The predicted molar refractivity (Wildman–Crippen MR) is 99.9 cm³/mol. The van der Waals surface area contributed by atoms with Gasteiger partial charge in [0.25, 0.3) is 5.91 Å². The number of carbonyl (C=O) groups excluding carboxylic acids is 2. The first-order valence-electron chi connectivity index (χ1n) is 9.01. The Balaban J connectivity index is 1.53. The molecule has 0 saturated heterocycles. The molecule has 0 unspecified atom stereocenters. The Hall–Kier alpha value is -3.02. The average Bonchev–Trinajstić information content (AvgIpc) is 3.16.